The van der Waals surface area contributed by atoms with Crippen LogP contribution in [-0.4, -0.2) is 33.3 Å². The Morgan fingerprint density at radius 3 is 2.72 bits per heavy atom. The van der Waals surface area contributed by atoms with Gasteiger partial charge in [0.25, 0.3) is 0 Å². The van der Waals surface area contributed by atoms with Crippen molar-refractivity contribution in [2.45, 2.75) is 52.7 Å². The van der Waals surface area contributed by atoms with Crippen LogP contribution in [0, 0.1) is 0 Å². The average molecular weight is 253 g/mol. The number of aromatic nitrogens is 3. The summed E-state index contributed by atoms with van der Waals surface area (Å²) in [6.07, 6.45) is 2.04. The molecule has 0 atom stereocenters. The molecule has 1 amide bonds. The Kier molecular flexibility index (Phi) is 5.77. The van der Waals surface area contributed by atoms with E-state index < -0.39 is 0 Å². The lowest BCUT2D eigenvalue weighted by atomic mass is 10.3. The molecule has 0 saturated carbocycles. The van der Waals surface area contributed by atoms with E-state index in [2.05, 4.69) is 34.6 Å². The minimum atomic E-state index is 0.0721. The number of carbonyl (C=O) groups excluding carboxylic acids is 1. The maximum atomic E-state index is 11.4. The molecule has 0 aromatic carbocycles. The molecule has 0 aliphatic carbocycles. The zero-order valence-corrected chi connectivity index (χ0v) is 11.6. The summed E-state index contributed by atoms with van der Waals surface area (Å²) in [5.41, 5.74) is 0. The highest BCUT2D eigenvalue weighted by Crippen LogP contribution is 2.04. The third-order valence-electron chi connectivity index (χ3n) is 2.40. The van der Waals surface area contributed by atoms with Gasteiger partial charge in [-0.2, -0.15) is 5.10 Å². The van der Waals surface area contributed by atoms with Crippen molar-refractivity contribution in [1.82, 2.24) is 25.4 Å². The molecule has 1 heterocycles. The molecular formula is C12H23N5O. The first-order valence-electron chi connectivity index (χ1n) is 6.39. The van der Waals surface area contributed by atoms with Crippen molar-refractivity contribution >= 4 is 5.91 Å². The highest BCUT2D eigenvalue weighted by molar-refractivity contribution is 5.76. The third kappa shape index (κ3) is 4.83. The van der Waals surface area contributed by atoms with Gasteiger partial charge >= 0.3 is 0 Å². The van der Waals surface area contributed by atoms with E-state index in [1.54, 1.807) is 6.33 Å². The second kappa shape index (κ2) is 7.10. The zero-order chi connectivity index (χ0) is 13.5. The second-order valence-corrected chi connectivity index (χ2v) is 4.86. The van der Waals surface area contributed by atoms with E-state index in [1.165, 1.54) is 0 Å². The molecule has 18 heavy (non-hydrogen) atoms. The molecule has 1 aromatic rings. The van der Waals surface area contributed by atoms with Crippen LogP contribution in [-0.2, 0) is 11.3 Å². The lowest BCUT2D eigenvalue weighted by Gasteiger charge is -2.11. The van der Waals surface area contributed by atoms with Gasteiger partial charge in [0.15, 0.2) is 0 Å². The molecule has 6 nitrogen and oxygen atoms in total. The molecule has 1 aromatic heterocycles. The van der Waals surface area contributed by atoms with Crippen molar-refractivity contribution in [3.63, 3.8) is 0 Å². The number of rotatable bonds is 7. The van der Waals surface area contributed by atoms with Crippen LogP contribution in [0.15, 0.2) is 6.33 Å². The minimum Gasteiger partial charge on any atom is -0.354 e. The van der Waals surface area contributed by atoms with Gasteiger partial charge in [0.05, 0.1) is 6.54 Å². The standard InChI is InChI=1S/C12H23N5O/c1-9(2)16-12(18)5-6-13-7-11-14-8-15-17(11)10(3)4/h8-10,13H,5-7H2,1-4H3,(H,16,18). The van der Waals surface area contributed by atoms with Crippen molar-refractivity contribution in [3.8, 4) is 0 Å². The lowest BCUT2D eigenvalue weighted by molar-refractivity contribution is -0.121. The first-order valence-corrected chi connectivity index (χ1v) is 6.39. The Hall–Kier alpha value is -1.43. The molecule has 6 heteroatoms. The van der Waals surface area contributed by atoms with Gasteiger partial charge in [-0.15, -0.1) is 0 Å². The predicted molar refractivity (Wildman–Crippen MR) is 70.0 cm³/mol. The van der Waals surface area contributed by atoms with E-state index in [9.17, 15) is 4.79 Å². The molecule has 102 valence electrons. The SMILES string of the molecule is CC(C)NC(=O)CCNCc1ncnn1C(C)C. The normalized spacial score (nSPS) is 11.2. The van der Waals surface area contributed by atoms with E-state index in [1.807, 2.05) is 18.5 Å². The predicted octanol–water partition coefficient (Wildman–Crippen LogP) is 0.863. The van der Waals surface area contributed by atoms with Crippen molar-refractivity contribution in [3.05, 3.63) is 12.2 Å². The molecule has 1 rings (SSSR count). The quantitative estimate of drug-likeness (QED) is 0.707. The molecule has 0 aliphatic heterocycles. The molecule has 0 fully saturated rings. The highest BCUT2D eigenvalue weighted by Gasteiger charge is 2.07. The van der Waals surface area contributed by atoms with Crippen LogP contribution < -0.4 is 10.6 Å². The van der Waals surface area contributed by atoms with Gasteiger partial charge in [-0.1, -0.05) is 0 Å². The fourth-order valence-electron chi connectivity index (χ4n) is 1.63. The van der Waals surface area contributed by atoms with E-state index in [-0.39, 0.29) is 11.9 Å². The van der Waals surface area contributed by atoms with E-state index >= 15 is 0 Å². The van der Waals surface area contributed by atoms with Gasteiger partial charge in [0.2, 0.25) is 5.91 Å². The molecule has 0 aliphatic rings. The molecule has 0 radical (unpaired) electrons. The monoisotopic (exact) mass is 253 g/mol. The Morgan fingerprint density at radius 2 is 2.11 bits per heavy atom. The van der Waals surface area contributed by atoms with Crippen LogP contribution in [0.4, 0.5) is 0 Å². The van der Waals surface area contributed by atoms with Crippen LogP contribution in [0.2, 0.25) is 0 Å². The first-order chi connectivity index (χ1) is 8.50. The summed E-state index contributed by atoms with van der Waals surface area (Å²) in [6, 6.07) is 0.495. The van der Waals surface area contributed by atoms with E-state index in [0.29, 0.717) is 25.6 Å². The van der Waals surface area contributed by atoms with Crippen LogP contribution >= 0.6 is 0 Å². The summed E-state index contributed by atoms with van der Waals surface area (Å²) in [5.74, 6) is 0.970. The number of amides is 1. The third-order valence-corrected chi connectivity index (χ3v) is 2.40. The van der Waals surface area contributed by atoms with Gasteiger partial charge < -0.3 is 10.6 Å². The van der Waals surface area contributed by atoms with Gasteiger partial charge in [0, 0.05) is 25.0 Å². The minimum absolute atomic E-state index is 0.0721. The molecule has 2 N–H and O–H groups in total. The Bertz CT molecular complexity index is 372. The molecular weight excluding hydrogens is 230 g/mol. The molecule has 0 bridgehead atoms. The molecule has 0 unspecified atom stereocenters. The summed E-state index contributed by atoms with van der Waals surface area (Å²) in [4.78, 5) is 15.6. The number of nitrogens with zero attached hydrogens (tertiary/aromatic N) is 3. The Balaban J connectivity index is 2.25. The Labute approximate surface area is 108 Å². The van der Waals surface area contributed by atoms with Crippen LogP contribution in [0.25, 0.3) is 0 Å². The van der Waals surface area contributed by atoms with E-state index in [0.717, 1.165) is 5.82 Å². The average Bonchev–Trinajstić information content (AvgIpc) is 2.71. The molecule has 0 spiro atoms. The van der Waals surface area contributed by atoms with Gasteiger partial charge in [-0.3, -0.25) is 4.79 Å². The van der Waals surface area contributed by atoms with Crippen LogP contribution in [0.3, 0.4) is 0 Å². The second-order valence-electron chi connectivity index (χ2n) is 4.86. The van der Waals surface area contributed by atoms with Crippen LogP contribution in [0.5, 0.6) is 0 Å². The topological polar surface area (TPSA) is 71.8 Å². The van der Waals surface area contributed by atoms with Gasteiger partial charge in [-0.05, 0) is 27.7 Å². The fraction of sp³-hybridized carbons (Fsp3) is 0.750. The lowest BCUT2D eigenvalue weighted by Crippen LogP contribution is -2.32. The van der Waals surface area contributed by atoms with Crippen molar-refractivity contribution in [1.29, 1.82) is 0 Å². The summed E-state index contributed by atoms with van der Waals surface area (Å²) in [7, 11) is 0. The summed E-state index contributed by atoms with van der Waals surface area (Å²) in [6.45, 7) is 9.31. The first kappa shape index (κ1) is 14.6. The molecule has 0 saturated heterocycles. The summed E-state index contributed by atoms with van der Waals surface area (Å²) >= 11 is 0. The maximum absolute atomic E-state index is 11.4. The largest absolute Gasteiger partial charge is 0.354 e. The number of nitrogens with one attached hydrogen (secondary N) is 2. The van der Waals surface area contributed by atoms with Gasteiger partial charge in [0.1, 0.15) is 12.2 Å². The van der Waals surface area contributed by atoms with Crippen molar-refractivity contribution in [2.75, 3.05) is 6.54 Å². The summed E-state index contributed by atoms with van der Waals surface area (Å²) in [5, 5.41) is 10.2. The zero-order valence-electron chi connectivity index (χ0n) is 11.6. The maximum Gasteiger partial charge on any atom is 0.221 e. The van der Waals surface area contributed by atoms with Crippen molar-refractivity contribution < 1.29 is 4.79 Å². The smallest absolute Gasteiger partial charge is 0.221 e. The summed E-state index contributed by atoms with van der Waals surface area (Å²) < 4.78 is 1.88. The number of carbonyl (C=O) groups is 1. The fourth-order valence-corrected chi connectivity index (χ4v) is 1.63. The Morgan fingerprint density at radius 1 is 1.39 bits per heavy atom. The van der Waals surface area contributed by atoms with Crippen molar-refractivity contribution in [2.24, 2.45) is 0 Å². The number of hydrogen-bond acceptors (Lipinski definition) is 4. The van der Waals surface area contributed by atoms with Gasteiger partial charge in [-0.25, -0.2) is 9.67 Å². The number of hydrogen-bond donors (Lipinski definition) is 2. The van der Waals surface area contributed by atoms with Crippen LogP contribution in [0.1, 0.15) is 46.0 Å². The van der Waals surface area contributed by atoms with E-state index in [4.69, 9.17) is 0 Å². The highest BCUT2D eigenvalue weighted by atomic mass is 16.1.